The Labute approximate surface area is 142 Å². The Balaban J connectivity index is 1.72. The summed E-state index contributed by atoms with van der Waals surface area (Å²) < 4.78 is 6.46. The molecule has 7 nitrogen and oxygen atoms in total. The molecule has 4 rings (SSSR count). The van der Waals surface area contributed by atoms with Crippen molar-refractivity contribution in [3.63, 3.8) is 0 Å². The third-order valence-corrected chi connectivity index (χ3v) is 5.40. The number of rotatable bonds is 2. The lowest BCUT2D eigenvalue weighted by Crippen LogP contribution is -2.47. The number of thiophene rings is 1. The molecule has 8 heteroatoms. The van der Waals surface area contributed by atoms with E-state index in [-0.39, 0.29) is 17.2 Å². The summed E-state index contributed by atoms with van der Waals surface area (Å²) in [5.41, 5.74) is 2.37. The normalized spacial score (nSPS) is 20.5. The molecule has 126 valence electrons. The highest BCUT2D eigenvalue weighted by Crippen LogP contribution is 2.32. The standard InChI is InChI=1S/C16H19N5O2S/c1-8-9(5-18-21-8)12-4-10-13(24-12)15(22)20-14(19-10)11-6-23-16(2,3)7-17-11/h4-5,11,17H,6-7H2,1-3H3,(H,18,21)(H,19,20,22). The van der Waals surface area contributed by atoms with E-state index in [0.29, 0.717) is 29.2 Å². The second kappa shape index (κ2) is 5.51. The van der Waals surface area contributed by atoms with Crippen molar-refractivity contribution in [3.8, 4) is 10.4 Å². The molecule has 0 radical (unpaired) electrons. The molecule has 1 unspecified atom stereocenters. The van der Waals surface area contributed by atoms with Gasteiger partial charge in [0.25, 0.3) is 5.56 Å². The molecule has 24 heavy (non-hydrogen) atoms. The maximum absolute atomic E-state index is 12.5. The number of fused-ring (bicyclic) bond motifs is 1. The van der Waals surface area contributed by atoms with E-state index >= 15 is 0 Å². The average molecular weight is 345 g/mol. The van der Waals surface area contributed by atoms with Gasteiger partial charge in [0.05, 0.1) is 30.0 Å². The SMILES string of the molecule is Cc1[nH]ncc1-c1cc2nc(C3COC(C)(C)CN3)[nH]c(=O)c2s1. The first kappa shape index (κ1) is 15.5. The molecule has 1 atom stereocenters. The van der Waals surface area contributed by atoms with Crippen molar-refractivity contribution in [2.75, 3.05) is 13.2 Å². The fraction of sp³-hybridized carbons (Fsp3) is 0.438. The van der Waals surface area contributed by atoms with Crippen LogP contribution in [0.2, 0.25) is 0 Å². The molecule has 0 amide bonds. The molecule has 1 aliphatic rings. The van der Waals surface area contributed by atoms with Crippen molar-refractivity contribution in [1.29, 1.82) is 0 Å². The third-order valence-electron chi connectivity index (χ3n) is 4.24. The van der Waals surface area contributed by atoms with Crippen LogP contribution in [0.5, 0.6) is 0 Å². The first-order valence-corrected chi connectivity index (χ1v) is 8.66. The van der Waals surface area contributed by atoms with Gasteiger partial charge in [-0.05, 0) is 26.8 Å². The second-order valence-corrected chi connectivity index (χ2v) is 7.74. The number of H-pyrrole nitrogens is 2. The van der Waals surface area contributed by atoms with Gasteiger partial charge in [-0.25, -0.2) is 4.98 Å². The van der Waals surface area contributed by atoms with Crippen LogP contribution in [0.4, 0.5) is 0 Å². The Morgan fingerprint density at radius 2 is 2.25 bits per heavy atom. The number of morpholine rings is 1. The molecule has 0 bridgehead atoms. The average Bonchev–Trinajstić information content (AvgIpc) is 3.13. The summed E-state index contributed by atoms with van der Waals surface area (Å²) in [6.45, 7) is 7.23. The van der Waals surface area contributed by atoms with Crippen molar-refractivity contribution in [2.45, 2.75) is 32.4 Å². The molecule has 0 aliphatic carbocycles. The van der Waals surface area contributed by atoms with Gasteiger partial charge in [-0.2, -0.15) is 5.10 Å². The topological polar surface area (TPSA) is 95.7 Å². The maximum atomic E-state index is 12.5. The summed E-state index contributed by atoms with van der Waals surface area (Å²) in [7, 11) is 0. The van der Waals surface area contributed by atoms with Crippen LogP contribution in [0, 0.1) is 6.92 Å². The van der Waals surface area contributed by atoms with Crippen LogP contribution in [-0.4, -0.2) is 38.9 Å². The lowest BCUT2D eigenvalue weighted by Gasteiger charge is -2.35. The van der Waals surface area contributed by atoms with Crippen LogP contribution in [0.1, 0.15) is 31.4 Å². The molecular formula is C16H19N5O2S. The smallest absolute Gasteiger partial charge is 0.268 e. The van der Waals surface area contributed by atoms with Crippen LogP contribution < -0.4 is 10.9 Å². The Kier molecular flexibility index (Phi) is 3.56. The zero-order valence-electron chi connectivity index (χ0n) is 13.8. The number of aryl methyl sites for hydroxylation is 1. The van der Waals surface area contributed by atoms with Gasteiger partial charge in [0.1, 0.15) is 10.5 Å². The molecule has 3 N–H and O–H groups in total. The van der Waals surface area contributed by atoms with E-state index in [9.17, 15) is 4.79 Å². The first-order chi connectivity index (χ1) is 11.4. The minimum Gasteiger partial charge on any atom is -0.372 e. The summed E-state index contributed by atoms with van der Waals surface area (Å²) >= 11 is 1.43. The predicted molar refractivity (Wildman–Crippen MR) is 93.3 cm³/mol. The molecule has 0 aromatic carbocycles. The molecule has 1 aliphatic heterocycles. The molecular weight excluding hydrogens is 326 g/mol. The van der Waals surface area contributed by atoms with Crippen molar-refractivity contribution >= 4 is 21.6 Å². The number of hydrogen-bond donors (Lipinski definition) is 3. The van der Waals surface area contributed by atoms with Gasteiger partial charge in [0.15, 0.2) is 0 Å². The van der Waals surface area contributed by atoms with Crippen LogP contribution in [0.15, 0.2) is 17.1 Å². The zero-order chi connectivity index (χ0) is 16.9. The van der Waals surface area contributed by atoms with E-state index in [0.717, 1.165) is 16.1 Å². The second-order valence-electron chi connectivity index (χ2n) is 6.69. The van der Waals surface area contributed by atoms with E-state index < -0.39 is 0 Å². The Hall–Kier alpha value is -2.03. The summed E-state index contributed by atoms with van der Waals surface area (Å²) in [5, 5.41) is 10.4. The van der Waals surface area contributed by atoms with Crippen LogP contribution in [0.3, 0.4) is 0 Å². The fourth-order valence-corrected chi connectivity index (χ4v) is 3.88. The molecule has 0 saturated carbocycles. The molecule has 1 saturated heterocycles. The Bertz CT molecular complexity index is 945. The Morgan fingerprint density at radius 1 is 1.42 bits per heavy atom. The van der Waals surface area contributed by atoms with E-state index in [1.165, 1.54) is 11.3 Å². The fourth-order valence-electron chi connectivity index (χ4n) is 2.82. The van der Waals surface area contributed by atoms with Crippen LogP contribution >= 0.6 is 11.3 Å². The van der Waals surface area contributed by atoms with Crippen molar-refractivity contribution in [2.24, 2.45) is 0 Å². The zero-order valence-corrected chi connectivity index (χ0v) is 14.6. The number of hydrogen-bond acceptors (Lipinski definition) is 6. The summed E-state index contributed by atoms with van der Waals surface area (Å²) in [6, 6.07) is 1.85. The third kappa shape index (κ3) is 2.66. The van der Waals surface area contributed by atoms with Gasteiger partial charge < -0.3 is 15.0 Å². The highest BCUT2D eigenvalue weighted by Gasteiger charge is 2.29. The van der Waals surface area contributed by atoms with Gasteiger partial charge in [0, 0.05) is 22.7 Å². The number of aromatic nitrogens is 4. The minimum atomic E-state index is -0.199. The number of aromatic amines is 2. The number of ether oxygens (including phenoxy) is 1. The summed E-state index contributed by atoms with van der Waals surface area (Å²) in [4.78, 5) is 21.0. The van der Waals surface area contributed by atoms with Crippen molar-refractivity contribution in [3.05, 3.63) is 34.1 Å². The highest BCUT2D eigenvalue weighted by atomic mass is 32.1. The quantitative estimate of drug-likeness (QED) is 0.661. The molecule has 0 spiro atoms. The summed E-state index contributed by atoms with van der Waals surface area (Å²) in [6.07, 6.45) is 1.77. The highest BCUT2D eigenvalue weighted by molar-refractivity contribution is 7.22. The van der Waals surface area contributed by atoms with Crippen molar-refractivity contribution < 1.29 is 4.74 Å². The van der Waals surface area contributed by atoms with Crippen LogP contribution in [0.25, 0.3) is 20.7 Å². The first-order valence-electron chi connectivity index (χ1n) is 7.84. The monoisotopic (exact) mass is 345 g/mol. The van der Waals surface area contributed by atoms with E-state index in [4.69, 9.17) is 4.74 Å². The van der Waals surface area contributed by atoms with E-state index in [1.54, 1.807) is 6.20 Å². The van der Waals surface area contributed by atoms with Gasteiger partial charge in [-0.1, -0.05) is 0 Å². The molecule has 3 aromatic heterocycles. The van der Waals surface area contributed by atoms with E-state index in [2.05, 4.69) is 25.5 Å². The number of nitrogens with zero attached hydrogens (tertiary/aromatic N) is 2. The Morgan fingerprint density at radius 3 is 2.92 bits per heavy atom. The van der Waals surface area contributed by atoms with E-state index in [1.807, 2.05) is 26.8 Å². The lowest BCUT2D eigenvalue weighted by atomic mass is 10.1. The van der Waals surface area contributed by atoms with Crippen molar-refractivity contribution in [1.82, 2.24) is 25.5 Å². The van der Waals surface area contributed by atoms with Gasteiger partial charge in [-0.15, -0.1) is 11.3 Å². The summed E-state index contributed by atoms with van der Waals surface area (Å²) in [5.74, 6) is 0.622. The lowest BCUT2D eigenvalue weighted by molar-refractivity contribution is -0.0599. The molecule has 4 heterocycles. The predicted octanol–water partition coefficient (Wildman–Crippen LogP) is 2.12. The van der Waals surface area contributed by atoms with Gasteiger partial charge in [0.2, 0.25) is 0 Å². The molecule has 3 aromatic rings. The largest absolute Gasteiger partial charge is 0.372 e. The minimum absolute atomic E-state index is 0.103. The van der Waals surface area contributed by atoms with Gasteiger partial charge >= 0.3 is 0 Å². The van der Waals surface area contributed by atoms with Gasteiger partial charge in [-0.3, -0.25) is 9.89 Å². The van der Waals surface area contributed by atoms with Crippen LogP contribution in [-0.2, 0) is 4.74 Å². The maximum Gasteiger partial charge on any atom is 0.268 e. The number of nitrogens with one attached hydrogen (secondary N) is 3. The molecule has 1 fully saturated rings.